The van der Waals surface area contributed by atoms with Gasteiger partial charge in [-0.25, -0.2) is 8.78 Å². The van der Waals surface area contributed by atoms with Gasteiger partial charge in [-0.2, -0.15) is 0 Å². The number of hydrogen-bond acceptors (Lipinski definition) is 2. The summed E-state index contributed by atoms with van der Waals surface area (Å²) in [7, 11) is 0. The van der Waals surface area contributed by atoms with Crippen molar-refractivity contribution in [1.29, 1.82) is 0 Å². The number of hydrogen-bond donors (Lipinski definition) is 1. The molecule has 5 heteroatoms. The van der Waals surface area contributed by atoms with E-state index < -0.39 is 11.6 Å². The van der Waals surface area contributed by atoms with Crippen molar-refractivity contribution < 1.29 is 13.6 Å². The highest BCUT2D eigenvalue weighted by Crippen LogP contribution is 2.12. The van der Waals surface area contributed by atoms with Crippen LogP contribution in [0.3, 0.4) is 0 Å². The summed E-state index contributed by atoms with van der Waals surface area (Å²) < 4.78 is 25.9. The Morgan fingerprint density at radius 2 is 2.00 bits per heavy atom. The molecule has 1 atom stereocenters. The maximum Gasteiger partial charge on any atom is 0.224 e. The van der Waals surface area contributed by atoms with E-state index in [0.717, 1.165) is 18.6 Å². The molecule has 0 bridgehead atoms. The molecule has 0 aliphatic heterocycles. The lowest BCUT2D eigenvalue weighted by Gasteiger charge is -2.22. The van der Waals surface area contributed by atoms with Crippen LogP contribution in [0.5, 0.6) is 0 Å². The second kappa shape index (κ2) is 7.19. The number of halogens is 2. The molecular formula is C14H20F2N2O. The minimum atomic E-state index is -0.897. The third-order valence-corrected chi connectivity index (χ3v) is 3.05. The average Bonchev–Trinajstić information content (AvgIpc) is 2.39. The predicted molar refractivity (Wildman–Crippen MR) is 70.3 cm³/mol. The van der Waals surface area contributed by atoms with E-state index >= 15 is 0 Å². The quantitative estimate of drug-likeness (QED) is 0.863. The highest BCUT2D eigenvalue weighted by molar-refractivity contribution is 5.76. The van der Waals surface area contributed by atoms with Crippen LogP contribution in [0.25, 0.3) is 0 Å². The monoisotopic (exact) mass is 270 g/mol. The zero-order chi connectivity index (χ0) is 14.4. The molecule has 0 heterocycles. The van der Waals surface area contributed by atoms with Crippen LogP contribution in [0, 0.1) is 11.6 Å². The number of carbonyl (C=O) groups is 1. The molecule has 1 rings (SSSR count). The van der Waals surface area contributed by atoms with Crippen molar-refractivity contribution in [2.75, 3.05) is 6.54 Å². The Morgan fingerprint density at radius 1 is 1.32 bits per heavy atom. The van der Waals surface area contributed by atoms with E-state index in [2.05, 4.69) is 0 Å². The van der Waals surface area contributed by atoms with Gasteiger partial charge in [-0.1, -0.05) is 13.0 Å². The first kappa shape index (κ1) is 15.6. The van der Waals surface area contributed by atoms with Crippen LogP contribution in [-0.2, 0) is 11.3 Å². The molecule has 19 heavy (non-hydrogen) atoms. The SMILES string of the molecule is CCC(N)CC(=O)N(CC)Cc1ccc(F)c(F)c1. The maximum absolute atomic E-state index is 13.1. The number of nitrogens with two attached hydrogens (primary N) is 1. The van der Waals surface area contributed by atoms with Crippen molar-refractivity contribution >= 4 is 5.91 Å². The fourth-order valence-electron chi connectivity index (χ4n) is 1.73. The van der Waals surface area contributed by atoms with E-state index in [-0.39, 0.29) is 24.9 Å². The Hall–Kier alpha value is -1.49. The molecule has 2 N–H and O–H groups in total. The molecule has 0 saturated carbocycles. The van der Waals surface area contributed by atoms with Gasteiger partial charge >= 0.3 is 0 Å². The van der Waals surface area contributed by atoms with Gasteiger partial charge in [-0.15, -0.1) is 0 Å². The first-order chi connectivity index (χ1) is 8.97. The summed E-state index contributed by atoms with van der Waals surface area (Å²) >= 11 is 0. The summed E-state index contributed by atoms with van der Waals surface area (Å²) in [6.07, 6.45) is 1.00. The molecule has 1 aromatic carbocycles. The molecule has 0 radical (unpaired) electrons. The smallest absolute Gasteiger partial charge is 0.224 e. The largest absolute Gasteiger partial charge is 0.339 e. The van der Waals surface area contributed by atoms with Gasteiger partial charge in [0.15, 0.2) is 11.6 Å². The normalized spacial score (nSPS) is 12.3. The van der Waals surface area contributed by atoms with Crippen molar-refractivity contribution in [3.05, 3.63) is 35.4 Å². The fourth-order valence-corrected chi connectivity index (χ4v) is 1.73. The Balaban J connectivity index is 2.70. The van der Waals surface area contributed by atoms with E-state index in [1.807, 2.05) is 13.8 Å². The molecule has 3 nitrogen and oxygen atoms in total. The molecular weight excluding hydrogens is 250 g/mol. The molecule has 1 aromatic rings. The van der Waals surface area contributed by atoms with Crippen LogP contribution in [0.4, 0.5) is 8.78 Å². The van der Waals surface area contributed by atoms with Crippen molar-refractivity contribution in [3.63, 3.8) is 0 Å². The average molecular weight is 270 g/mol. The molecule has 0 saturated heterocycles. The van der Waals surface area contributed by atoms with Crippen LogP contribution < -0.4 is 5.73 Å². The highest BCUT2D eigenvalue weighted by Gasteiger charge is 2.15. The van der Waals surface area contributed by atoms with Gasteiger partial charge in [0.1, 0.15) is 0 Å². The van der Waals surface area contributed by atoms with Gasteiger partial charge < -0.3 is 10.6 Å². The van der Waals surface area contributed by atoms with Gasteiger partial charge in [0.25, 0.3) is 0 Å². The zero-order valence-corrected chi connectivity index (χ0v) is 11.3. The van der Waals surface area contributed by atoms with E-state index in [0.29, 0.717) is 12.1 Å². The first-order valence-corrected chi connectivity index (χ1v) is 6.45. The Labute approximate surface area is 112 Å². The van der Waals surface area contributed by atoms with Crippen LogP contribution in [0.15, 0.2) is 18.2 Å². The van der Waals surface area contributed by atoms with E-state index in [1.165, 1.54) is 6.07 Å². The lowest BCUT2D eigenvalue weighted by molar-refractivity contribution is -0.132. The van der Waals surface area contributed by atoms with Crippen LogP contribution in [0.2, 0.25) is 0 Å². The summed E-state index contributed by atoms with van der Waals surface area (Å²) in [5.74, 6) is -1.85. The van der Waals surface area contributed by atoms with Crippen molar-refractivity contribution in [2.24, 2.45) is 5.73 Å². The summed E-state index contributed by atoms with van der Waals surface area (Å²) in [5.41, 5.74) is 6.32. The van der Waals surface area contributed by atoms with E-state index in [4.69, 9.17) is 5.73 Å². The third kappa shape index (κ3) is 4.59. The van der Waals surface area contributed by atoms with E-state index in [1.54, 1.807) is 4.90 Å². The molecule has 0 aliphatic carbocycles. The van der Waals surface area contributed by atoms with Gasteiger partial charge in [0.2, 0.25) is 5.91 Å². The first-order valence-electron chi connectivity index (χ1n) is 6.45. The Bertz CT molecular complexity index is 437. The number of amides is 1. The summed E-state index contributed by atoms with van der Waals surface area (Å²) in [6.45, 7) is 4.54. The van der Waals surface area contributed by atoms with Gasteiger partial charge in [0, 0.05) is 25.6 Å². The molecule has 0 fully saturated rings. The zero-order valence-electron chi connectivity index (χ0n) is 11.3. The third-order valence-electron chi connectivity index (χ3n) is 3.05. The van der Waals surface area contributed by atoms with Crippen LogP contribution in [-0.4, -0.2) is 23.4 Å². The van der Waals surface area contributed by atoms with E-state index in [9.17, 15) is 13.6 Å². The van der Waals surface area contributed by atoms with Crippen molar-refractivity contribution in [2.45, 2.75) is 39.3 Å². The van der Waals surface area contributed by atoms with Crippen molar-refractivity contribution in [1.82, 2.24) is 4.90 Å². The molecule has 106 valence electrons. The second-order valence-electron chi connectivity index (χ2n) is 4.53. The topological polar surface area (TPSA) is 46.3 Å². The van der Waals surface area contributed by atoms with Crippen molar-refractivity contribution in [3.8, 4) is 0 Å². The number of nitrogens with zero attached hydrogens (tertiary/aromatic N) is 1. The molecule has 1 unspecified atom stereocenters. The summed E-state index contributed by atoms with van der Waals surface area (Å²) in [5, 5.41) is 0. The number of carbonyl (C=O) groups excluding carboxylic acids is 1. The number of rotatable bonds is 6. The van der Waals surface area contributed by atoms with Gasteiger partial charge in [0.05, 0.1) is 0 Å². The Kier molecular flexibility index (Phi) is 5.89. The van der Waals surface area contributed by atoms with Crippen LogP contribution >= 0.6 is 0 Å². The fraction of sp³-hybridized carbons (Fsp3) is 0.500. The minimum Gasteiger partial charge on any atom is -0.339 e. The molecule has 0 aromatic heterocycles. The molecule has 0 spiro atoms. The van der Waals surface area contributed by atoms with Gasteiger partial charge in [-0.3, -0.25) is 4.79 Å². The lowest BCUT2D eigenvalue weighted by Crippen LogP contribution is -2.35. The second-order valence-corrected chi connectivity index (χ2v) is 4.53. The summed E-state index contributed by atoms with van der Waals surface area (Å²) in [6, 6.07) is 3.51. The molecule has 1 amide bonds. The minimum absolute atomic E-state index is 0.0680. The maximum atomic E-state index is 13.1. The number of benzene rings is 1. The standard InChI is InChI=1S/C14H20F2N2O/c1-3-11(17)8-14(19)18(4-2)9-10-5-6-12(15)13(16)7-10/h5-7,11H,3-4,8-9,17H2,1-2H3. The lowest BCUT2D eigenvalue weighted by atomic mass is 10.1. The van der Waals surface area contributed by atoms with Gasteiger partial charge in [-0.05, 0) is 31.0 Å². The van der Waals surface area contributed by atoms with Crippen LogP contribution in [0.1, 0.15) is 32.3 Å². The predicted octanol–water partition coefficient (Wildman–Crippen LogP) is 2.44. The summed E-state index contributed by atoms with van der Waals surface area (Å²) in [4.78, 5) is 13.6. The highest BCUT2D eigenvalue weighted by atomic mass is 19.2. The molecule has 0 aliphatic rings. The Morgan fingerprint density at radius 3 is 2.53 bits per heavy atom.